The van der Waals surface area contributed by atoms with Crippen LogP contribution in [-0.2, 0) is 0 Å². The summed E-state index contributed by atoms with van der Waals surface area (Å²) in [6.07, 6.45) is 3.27. The van der Waals surface area contributed by atoms with Crippen LogP contribution in [0.3, 0.4) is 0 Å². The van der Waals surface area contributed by atoms with Crippen LogP contribution >= 0.6 is 11.6 Å². The Morgan fingerprint density at radius 1 is 1.10 bits per heavy atom. The van der Waals surface area contributed by atoms with Crippen molar-refractivity contribution < 1.29 is 4.74 Å². The quantitative estimate of drug-likeness (QED) is 0.351. The van der Waals surface area contributed by atoms with E-state index in [4.69, 9.17) is 21.3 Å². The molecule has 0 fully saturated rings. The zero-order chi connectivity index (χ0) is 22.0. The molecule has 0 saturated carbocycles. The van der Waals surface area contributed by atoms with Gasteiger partial charge >= 0.3 is 0 Å². The number of ether oxygens (including phenoxy) is 1. The number of benzene rings is 2. The third-order valence-electron chi connectivity index (χ3n) is 4.62. The van der Waals surface area contributed by atoms with E-state index in [0.29, 0.717) is 33.3 Å². The molecular formula is C23H20ClN5O2. The Labute approximate surface area is 184 Å². The summed E-state index contributed by atoms with van der Waals surface area (Å²) in [7, 11) is 5.27. The van der Waals surface area contributed by atoms with Crippen LogP contribution in [0.25, 0.3) is 28.1 Å². The Hall–Kier alpha value is -3.71. The molecule has 156 valence electrons. The largest absolute Gasteiger partial charge is 0.497 e. The first kappa shape index (κ1) is 20.6. The lowest BCUT2D eigenvalue weighted by Gasteiger charge is -2.14. The van der Waals surface area contributed by atoms with Gasteiger partial charge < -0.3 is 9.75 Å². The lowest BCUT2D eigenvalue weighted by atomic mass is 10.1. The van der Waals surface area contributed by atoms with Crippen molar-refractivity contribution in [1.29, 1.82) is 0 Å². The monoisotopic (exact) mass is 433 g/mol. The Bertz CT molecular complexity index is 1310. The van der Waals surface area contributed by atoms with Crippen molar-refractivity contribution in [2.45, 2.75) is 0 Å². The average molecular weight is 434 g/mol. The molecule has 31 heavy (non-hydrogen) atoms. The molecule has 0 unspecified atom stereocenters. The van der Waals surface area contributed by atoms with Gasteiger partial charge in [0.05, 0.1) is 29.2 Å². The van der Waals surface area contributed by atoms with E-state index >= 15 is 0 Å². The highest BCUT2D eigenvalue weighted by molar-refractivity contribution is 6.30. The normalized spacial score (nSPS) is 11.2. The summed E-state index contributed by atoms with van der Waals surface area (Å²) in [5.74, 6) is 1.49. The van der Waals surface area contributed by atoms with E-state index < -0.39 is 0 Å². The number of hydrogen-bond acceptors (Lipinski definition) is 6. The fraction of sp³-hybridized carbons (Fsp3) is 0.130. The predicted octanol–water partition coefficient (Wildman–Crippen LogP) is 4.01. The van der Waals surface area contributed by atoms with Crippen LogP contribution in [0.15, 0.2) is 70.7 Å². The van der Waals surface area contributed by atoms with Gasteiger partial charge in [0.2, 0.25) is 0 Å². The molecule has 8 heteroatoms. The molecular weight excluding hydrogens is 414 g/mol. The van der Waals surface area contributed by atoms with Gasteiger partial charge in [-0.15, -0.1) is 0 Å². The number of hydrazone groups is 1. The van der Waals surface area contributed by atoms with E-state index in [1.165, 1.54) is 10.8 Å². The van der Waals surface area contributed by atoms with Crippen LogP contribution in [0.2, 0.25) is 5.02 Å². The van der Waals surface area contributed by atoms with E-state index in [0.717, 1.165) is 11.1 Å². The molecule has 0 bridgehead atoms. The topological polar surface area (TPSA) is 72.6 Å². The number of pyridine rings is 1. The molecule has 0 amide bonds. The fourth-order valence-corrected chi connectivity index (χ4v) is 3.21. The third kappa shape index (κ3) is 4.27. The molecule has 2 aromatic heterocycles. The van der Waals surface area contributed by atoms with E-state index in [1.54, 1.807) is 48.7 Å². The second-order valence-electron chi connectivity index (χ2n) is 7.01. The summed E-state index contributed by atoms with van der Waals surface area (Å²) in [6, 6.07) is 16.3. The lowest BCUT2D eigenvalue weighted by molar-refractivity contribution is 0.415. The van der Waals surface area contributed by atoms with Gasteiger partial charge in [-0.05, 0) is 35.9 Å². The summed E-state index contributed by atoms with van der Waals surface area (Å²) < 4.78 is 6.77. The van der Waals surface area contributed by atoms with E-state index in [-0.39, 0.29) is 5.56 Å². The fourth-order valence-electron chi connectivity index (χ4n) is 3.10. The molecule has 0 aliphatic carbocycles. The Morgan fingerprint density at radius 3 is 2.52 bits per heavy atom. The Balaban J connectivity index is 1.94. The highest BCUT2D eigenvalue weighted by Gasteiger charge is 2.16. The molecule has 4 aromatic rings. The molecule has 0 spiro atoms. The molecule has 7 nitrogen and oxygen atoms in total. The summed E-state index contributed by atoms with van der Waals surface area (Å²) in [5.41, 5.74) is 2.03. The Kier molecular flexibility index (Phi) is 5.68. The van der Waals surface area contributed by atoms with Crippen LogP contribution in [0.5, 0.6) is 5.75 Å². The molecule has 0 saturated heterocycles. The molecule has 0 aliphatic heterocycles. The van der Waals surface area contributed by atoms with Gasteiger partial charge in [0.25, 0.3) is 5.56 Å². The zero-order valence-electron chi connectivity index (χ0n) is 17.3. The van der Waals surface area contributed by atoms with Crippen molar-refractivity contribution >= 4 is 28.7 Å². The van der Waals surface area contributed by atoms with Crippen LogP contribution in [0.1, 0.15) is 5.56 Å². The van der Waals surface area contributed by atoms with Crippen LogP contribution in [0, 0.1) is 0 Å². The predicted molar refractivity (Wildman–Crippen MR) is 123 cm³/mol. The summed E-state index contributed by atoms with van der Waals surface area (Å²) in [4.78, 5) is 22.6. The Morgan fingerprint density at radius 2 is 1.87 bits per heavy atom. The zero-order valence-corrected chi connectivity index (χ0v) is 18.0. The highest BCUT2D eigenvalue weighted by Crippen LogP contribution is 2.24. The number of halogens is 1. The molecule has 4 rings (SSSR count). The van der Waals surface area contributed by atoms with Crippen molar-refractivity contribution in [3.63, 3.8) is 0 Å². The summed E-state index contributed by atoms with van der Waals surface area (Å²) in [6.45, 7) is 0. The first-order chi connectivity index (χ1) is 15.0. The minimum atomic E-state index is -0.244. The number of fused-ring (bicyclic) bond motifs is 1. The molecule has 0 N–H and O–H groups in total. The highest BCUT2D eigenvalue weighted by atomic mass is 35.5. The van der Waals surface area contributed by atoms with Gasteiger partial charge in [0.1, 0.15) is 17.4 Å². The van der Waals surface area contributed by atoms with Gasteiger partial charge in [-0.3, -0.25) is 4.79 Å². The SMILES string of the molecule is COc1ccc2nc(-c3ccc(/C=N/N(C)C)cc3)n(-c3ccc(Cl)cn3)c(=O)c2c1. The third-order valence-corrected chi connectivity index (χ3v) is 4.85. The molecule has 0 aliphatic rings. The smallest absolute Gasteiger partial charge is 0.267 e. The second-order valence-corrected chi connectivity index (χ2v) is 7.44. The van der Waals surface area contributed by atoms with E-state index in [2.05, 4.69) is 10.1 Å². The summed E-state index contributed by atoms with van der Waals surface area (Å²) >= 11 is 6.00. The van der Waals surface area contributed by atoms with Gasteiger partial charge in [-0.2, -0.15) is 5.10 Å². The van der Waals surface area contributed by atoms with Crippen LogP contribution < -0.4 is 10.3 Å². The van der Waals surface area contributed by atoms with Gasteiger partial charge in [0, 0.05) is 25.9 Å². The van der Waals surface area contributed by atoms with Crippen LogP contribution in [-0.4, -0.2) is 47.0 Å². The maximum atomic E-state index is 13.5. The van der Waals surface area contributed by atoms with Crippen LogP contribution in [0.4, 0.5) is 0 Å². The van der Waals surface area contributed by atoms with E-state index in [9.17, 15) is 4.79 Å². The number of nitrogens with zero attached hydrogens (tertiary/aromatic N) is 5. The second kappa shape index (κ2) is 8.57. The lowest BCUT2D eigenvalue weighted by Crippen LogP contribution is -2.22. The first-order valence-electron chi connectivity index (χ1n) is 9.51. The minimum absolute atomic E-state index is 0.244. The van der Waals surface area contributed by atoms with Crippen molar-refractivity contribution in [2.75, 3.05) is 21.2 Å². The molecule has 2 heterocycles. The van der Waals surface area contributed by atoms with Gasteiger partial charge in [-0.1, -0.05) is 35.9 Å². The van der Waals surface area contributed by atoms with Crippen molar-refractivity contribution in [2.24, 2.45) is 5.10 Å². The van der Waals surface area contributed by atoms with Crippen molar-refractivity contribution in [3.8, 4) is 23.0 Å². The minimum Gasteiger partial charge on any atom is -0.497 e. The standard InChI is InChI=1S/C23H20ClN5O2/c1-28(2)26-13-15-4-6-16(7-5-15)22-27-20-10-9-18(31-3)12-19(20)23(30)29(22)21-11-8-17(24)14-25-21/h4-14H,1-3H3/b26-13+. The summed E-state index contributed by atoms with van der Waals surface area (Å²) in [5, 5.41) is 6.89. The maximum Gasteiger partial charge on any atom is 0.267 e. The van der Waals surface area contributed by atoms with Crippen molar-refractivity contribution in [1.82, 2.24) is 19.5 Å². The first-order valence-corrected chi connectivity index (χ1v) is 9.88. The van der Waals surface area contributed by atoms with Crippen molar-refractivity contribution in [3.05, 3.63) is 81.7 Å². The molecule has 2 aromatic carbocycles. The number of rotatable bonds is 5. The number of methoxy groups -OCH3 is 1. The maximum absolute atomic E-state index is 13.5. The number of hydrogen-bond donors (Lipinski definition) is 0. The van der Waals surface area contributed by atoms with Gasteiger partial charge in [0.15, 0.2) is 0 Å². The molecule has 0 radical (unpaired) electrons. The molecule has 0 atom stereocenters. The average Bonchev–Trinajstić information content (AvgIpc) is 2.78. The van der Waals surface area contributed by atoms with E-state index in [1.807, 2.05) is 38.4 Å². The van der Waals surface area contributed by atoms with Gasteiger partial charge in [-0.25, -0.2) is 14.5 Å². The number of aromatic nitrogens is 3.